The van der Waals surface area contributed by atoms with E-state index in [0.29, 0.717) is 11.4 Å². The standard InChI is InChI=1S/C18H13BrN4/c1-23-17(14-7-3-2-4-8-14)21-22-18(23)15(12-20)10-13-6-5-9-16(19)11-13/h2-11H,1H3. The van der Waals surface area contributed by atoms with Crippen molar-refractivity contribution in [3.8, 4) is 17.5 Å². The van der Waals surface area contributed by atoms with E-state index >= 15 is 0 Å². The summed E-state index contributed by atoms with van der Waals surface area (Å²) in [7, 11) is 1.86. The van der Waals surface area contributed by atoms with Crippen LogP contribution in [-0.2, 0) is 7.05 Å². The minimum absolute atomic E-state index is 0.472. The van der Waals surface area contributed by atoms with Gasteiger partial charge in [-0.05, 0) is 23.8 Å². The molecule has 0 aliphatic heterocycles. The largest absolute Gasteiger partial charge is 0.310 e. The lowest BCUT2D eigenvalue weighted by molar-refractivity contribution is 0.901. The first-order valence-electron chi connectivity index (χ1n) is 7.01. The lowest BCUT2D eigenvalue weighted by Gasteiger charge is -2.03. The summed E-state index contributed by atoms with van der Waals surface area (Å²) in [4.78, 5) is 0. The van der Waals surface area contributed by atoms with Crippen molar-refractivity contribution in [2.75, 3.05) is 0 Å². The van der Waals surface area contributed by atoms with E-state index in [4.69, 9.17) is 0 Å². The molecule has 4 nitrogen and oxygen atoms in total. The fourth-order valence-corrected chi connectivity index (χ4v) is 2.73. The van der Waals surface area contributed by atoms with Crippen LogP contribution in [0.2, 0.25) is 0 Å². The van der Waals surface area contributed by atoms with Gasteiger partial charge in [0, 0.05) is 17.1 Å². The minimum atomic E-state index is 0.472. The maximum Gasteiger partial charge on any atom is 0.174 e. The monoisotopic (exact) mass is 364 g/mol. The third-order valence-electron chi connectivity index (χ3n) is 3.43. The Hall–Kier alpha value is -2.71. The van der Waals surface area contributed by atoms with Gasteiger partial charge in [0.25, 0.3) is 0 Å². The maximum atomic E-state index is 9.50. The second-order valence-corrected chi connectivity index (χ2v) is 5.91. The Morgan fingerprint density at radius 3 is 2.61 bits per heavy atom. The Balaban J connectivity index is 2.04. The molecule has 0 aliphatic rings. The molecule has 1 heterocycles. The lowest BCUT2D eigenvalue weighted by atomic mass is 10.1. The molecule has 2 aromatic carbocycles. The zero-order valence-electron chi connectivity index (χ0n) is 12.4. The van der Waals surface area contributed by atoms with Crippen molar-refractivity contribution < 1.29 is 0 Å². The van der Waals surface area contributed by atoms with Crippen LogP contribution in [0.15, 0.2) is 59.1 Å². The van der Waals surface area contributed by atoms with Gasteiger partial charge in [-0.25, -0.2) is 0 Å². The van der Waals surface area contributed by atoms with E-state index in [9.17, 15) is 5.26 Å². The van der Waals surface area contributed by atoms with Crippen LogP contribution in [0.1, 0.15) is 11.4 Å². The summed E-state index contributed by atoms with van der Waals surface area (Å²) in [6.07, 6.45) is 1.81. The molecule has 0 radical (unpaired) electrons. The Morgan fingerprint density at radius 2 is 1.91 bits per heavy atom. The molecule has 3 aromatic rings. The van der Waals surface area contributed by atoms with E-state index in [2.05, 4.69) is 32.2 Å². The average molecular weight is 365 g/mol. The van der Waals surface area contributed by atoms with E-state index in [-0.39, 0.29) is 0 Å². The van der Waals surface area contributed by atoms with Gasteiger partial charge in [-0.2, -0.15) is 5.26 Å². The zero-order chi connectivity index (χ0) is 16.2. The van der Waals surface area contributed by atoms with E-state index in [1.165, 1.54) is 0 Å². The highest BCUT2D eigenvalue weighted by Gasteiger charge is 2.14. The average Bonchev–Trinajstić information content (AvgIpc) is 2.95. The number of rotatable bonds is 3. The smallest absolute Gasteiger partial charge is 0.174 e. The molecule has 0 aliphatic carbocycles. The Labute approximate surface area is 142 Å². The van der Waals surface area contributed by atoms with Crippen molar-refractivity contribution in [3.63, 3.8) is 0 Å². The minimum Gasteiger partial charge on any atom is -0.310 e. The van der Waals surface area contributed by atoms with E-state index in [1.54, 1.807) is 0 Å². The lowest BCUT2D eigenvalue weighted by Crippen LogP contribution is -1.98. The van der Waals surface area contributed by atoms with Crippen LogP contribution in [0.5, 0.6) is 0 Å². The van der Waals surface area contributed by atoms with Gasteiger partial charge in [-0.3, -0.25) is 0 Å². The summed E-state index contributed by atoms with van der Waals surface area (Å²) in [5, 5.41) is 17.9. The van der Waals surface area contributed by atoms with Gasteiger partial charge in [0.05, 0.1) is 5.57 Å². The molecule has 23 heavy (non-hydrogen) atoms. The molecule has 5 heteroatoms. The highest BCUT2D eigenvalue weighted by atomic mass is 79.9. The number of halogens is 1. The van der Waals surface area contributed by atoms with Crippen molar-refractivity contribution in [2.45, 2.75) is 0 Å². The number of allylic oxidation sites excluding steroid dienone is 1. The molecule has 1 aromatic heterocycles. The number of hydrogen-bond acceptors (Lipinski definition) is 3. The first-order valence-corrected chi connectivity index (χ1v) is 7.81. The Kier molecular flexibility index (Phi) is 4.35. The van der Waals surface area contributed by atoms with Crippen molar-refractivity contribution in [1.82, 2.24) is 14.8 Å². The van der Waals surface area contributed by atoms with Crippen molar-refractivity contribution in [3.05, 3.63) is 70.5 Å². The number of aromatic nitrogens is 3. The first kappa shape index (κ1) is 15.2. The quantitative estimate of drug-likeness (QED) is 0.650. The summed E-state index contributed by atoms with van der Waals surface area (Å²) < 4.78 is 2.80. The zero-order valence-corrected chi connectivity index (χ0v) is 14.0. The summed E-state index contributed by atoms with van der Waals surface area (Å²) in [6.45, 7) is 0. The molecule has 0 fully saturated rings. The van der Waals surface area contributed by atoms with Crippen LogP contribution in [-0.4, -0.2) is 14.8 Å². The molecule has 0 unspecified atom stereocenters. The number of hydrogen-bond donors (Lipinski definition) is 0. The maximum absolute atomic E-state index is 9.50. The molecule has 0 saturated carbocycles. The van der Waals surface area contributed by atoms with Gasteiger partial charge in [-0.1, -0.05) is 58.4 Å². The highest BCUT2D eigenvalue weighted by Crippen LogP contribution is 2.22. The van der Waals surface area contributed by atoms with Crippen LogP contribution in [0.3, 0.4) is 0 Å². The molecular formula is C18H13BrN4. The first-order chi connectivity index (χ1) is 11.2. The van der Waals surface area contributed by atoms with Crippen LogP contribution in [0.4, 0.5) is 0 Å². The Morgan fingerprint density at radius 1 is 1.13 bits per heavy atom. The van der Waals surface area contributed by atoms with E-state index in [0.717, 1.165) is 21.4 Å². The van der Waals surface area contributed by atoms with Gasteiger partial charge >= 0.3 is 0 Å². The van der Waals surface area contributed by atoms with Gasteiger partial charge in [0.2, 0.25) is 0 Å². The van der Waals surface area contributed by atoms with Crippen LogP contribution in [0, 0.1) is 11.3 Å². The molecular weight excluding hydrogens is 352 g/mol. The molecule has 0 bridgehead atoms. The van der Waals surface area contributed by atoms with Gasteiger partial charge in [-0.15, -0.1) is 10.2 Å². The molecule has 3 rings (SSSR count). The molecule has 112 valence electrons. The van der Waals surface area contributed by atoms with Crippen LogP contribution < -0.4 is 0 Å². The van der Waals surface area contributed by atoms with Gasteiger partial charge in [0.1, 0.15) is 6.07 Å². The summed E-state index contributed by atoms with van der Waals surface area (Å²) in [5.41, 5.74) is 2.37. The van der Waals surface area contributed by atoms with Crippen molar-refractivity contribution in [2.24, 2.45) is 7.05 Å². The summed E-state index contributed by atoms with van der Waals surface area (Å²) in [5.74, 6) is 1.28. The Bertz CT molecular complexity index is 904. The number of nitrogens with zero attached hydrogens (tertiary/aromatic N) is 4. The SMILES string of the molecule is Cn1c(C(C#N)=Cc2cccc(Br)c2)nnc1-c1ccccc1. The number of benzene rings is 2. The van der Waals surface area contributed by atoms with Gasteiger partial charge in [0.15, 0.2) is 11.6 Å². The third-order valence-corrected chi connectivity index (χ3v) is 3.92. The van der Waals surface area contributed by atoms with Crippen molar-refractivity contribution >= 4 is 27.6 Å². The number of nitriles is 1. The van der Waals surface area contributed by atoms with Crippen molar-refractivity contribution in [1.29, 1.82) is 5.26 Å². The fraction of sp³-hybridized carbons (Fsp3) is 0.0556. The van der Waals surface area contributed by atoms with Crippen LogP contribution in [0.25, 0.3) is 23.0 Å². The second kappa shape index (κ2) is 6.59. The normalized spacial score (nSPS) is 11.3. The molecule has 0 N–H and O–H groups in total. The van der Waals surface area contributed by atoms with Crippen LogP contribution >= 0.6 is 15.9 Å². The highest BCUT2D eigenvalue weighted by molar-refractivity contribution is 9.10. The topological polar surface area (TPSA) is 54.5 Å². The van der Waals surface area contributed by atoms with Gasteiger partial charge < -0.3 is 4.57 Å². The summed E-state index contributed by atoms with van der Waals surface area (Å²) in [6, 6.07) is 19.8. The van der Waals surface area contributed by atoms with E-state index < -0.39 is 0 Å². The predicted octanol–water partition coefficient (Wildman–Crippen LogP) is 4.31. The molecule has 0 saturated heterocycles. The van der Waals surface area contributed by atoms with E-state index in [1.807, 2.05) is 72.3 Å². The third kappa shape index (κ3) is 3.22. The molecule has 0 atom stereocenters. The molecule has 0 amide bonds. The summed E-state index contributed by atoms with van der Waals surface area (Å²) >= 11 is 3.43. The predicted molar refractivity (Wildman–Crippen MR) is 94.1 cm³/mol. The molecule has 0 spiro atoms. The fourth-order valence-electron chi connectivity index (χ4n) is 2.31. The second-order valence-electron chi connectivity index (χ2n) is 5.00.